The molecule has 1 aliphatic heterocycles. The summed E-state index contributed by atoms with van der Waals surface area (Å²) in [7, 11) is 2.12. The second-order valence-corrected chi connectivity index (χ2v) is 9.76. The molecule has 11 heteroatoms. The number of fused-ring (bicyclic) bond motifs is 1. The summed E-state index contributed by atoms with van der Waals surface area (Å²) in [5.41, 5.74) is 0.220. The molecule has 2 aromatic heterocycles. The minimum absolute atomic E-state index is 0.250. The molecule has 1 aliphatic carbocycles. The van der Waals surface area contributed by atoms with E-state index in [9.17, 15) is 18.7 Å². The van der Waals surface area contributed by atoms with Crippen LogP contribution in [0.5, 0.6) is 5.75 Å². The quantitative estimate of drug-likeness (QED) is 0.532. The molecule has 3 heterocycles. The van der Waals surface area contributed by atoms with Crippen LogP contribution in [0, 0.1) is 0 Å². The van der Waals surface area contributed by atoms with Crippen LogP contribution in [0.3, 0.4) is 0 Å². The number of ether oxygens (including phenoxy) is 1. The molecule has 0 spiro atoms. The third-order valence-electron chi connectivity index (χ3n) is 7.14. The average molecular weight is 501 g/mol. The van der Waals surface area contributed by atoms with Crippen LogP contribution in [0.25, 0.3) is 11.0 Å². The Hall–Kier alpha value is -3.31. The minimum Gasteiger partial charge on any atom is -0.429 e. The maximum absolute atomic E-state index is 13.2. The van der Waals surface area contributed by atoms with Crippen LogP contribution < -0.4 is 20.5 Å². The summed E-state index contributed by atoms with van der Waals surface area (Å²) in [4.78, 5) is 26.7. The first-order valence-electron chi connectivity index (χ1n) is 12.1. The predicted molar refractivity (Wildman–Crippen MR) is 133 cm³/mol. The summed E-state index contributed by atoms with van der Waals surface area (Å²) in [5.74, 6) is -0.243. The van der Waals surface area contributed by atoms with E-state index in [4.69, 9.17) is 0 Å². The van der Waals surface area contributed by atoms with E-state index < -0.39 is 29.6 Å². The zero-order valence-corrected chi connectivity index (χ0v) is 20.3. The molecule has 2 aliphatic rings. The maximum Gasteiger partial charge on any atom is 0.387 e. The normalized spacial score (nSPS) is 22.9. The Morgan fingerprint density at radius 2 is 1.92 bits per heavy atom. The lowest BCUT2D eigenvalue weighted by Gasteiger charge is -2.34. The van der Waals surface area contributed by atoms with Gasteiger partial charge >= 0.3 is 6.61 Å². The third kappa shape index (κ3) is 4.85. The molecule has 5 rings (SSSR count). The highest BCUT2D eigenvalue weighted by molar-refractivity contribution is 5.77. The first-order chi connectivity index (χ1) is 17.2. The van der Waals surface area contributed by atoms with Crippen molar-refractivity contribution in [3.05, 3.63) is 46.9 Å². The first kappa shape index (κ1) is 24.4. The van der Waals surface area contributed by atoms with Gasteiger partial charge < -0.3 is 25.0 Å². The molecule has 1 aromatic carbocycles. The summed E-state index contributed by atoms with van der Waals surface area (Å²) in [5, 5.41) is 14.4. The fourth-order valence-electron chi connectivity index (χ4n) is 5.11. The van der Waals surface area contributed by atoms with Gasteiger partial charge in [-0.2, -0.15) is 13.8 Å². The lowest BCUT2D eigenvalue weighted by atomic mass is 10.00. The molecule has 36 heavy (non-hydrogen) atoms. The molecule has 0 unspecified atom stereocenters. The average Bonchev–Trinajstić information content (AvgIpc) is 3.19. The monoisotopic (exact) mass is 500 g/mol. The molecule has 0 amide bonds. The molecular formula is C25H30F2N6O3. The van der Waals surface area contributed by atoms with Gasteiger partial charge in [0.1, 0.15) is 5.65 Å². The fourth-order valence-corrected chi connectivity index (χ4v) is 5.11. The van der Waals surface area contributed by atoms with E-state index in [1.807, 2.05) is 24.3 Å². The highest BCUT2D eigenvalue weighted by Gasteiger charge is 2.40. The molecule has 9 nitrogen and oxygen atoms in total. The number of nitrogens with one attached hydrogen (secondary N) is 1. The summed E-state index contributed by atoms with van der Waals surface area (Å²) in [6.45, 7) is 2.47. The second-order valence-electron chi connectivity index (χ2n) is 9.76. The van der Waals surface area contributed by atoms with Crippen LogP contribution in [0.15, 0.2) is 41.3 Å². The topological polar surface area (TPSA) is 95.8 Å². The Kier molecular flexibility index (Phi) is 6.52. The van der Waals surface area contributed by atoms with Crippen LogP contribution >= 0.6 is 0 Å². The Balaban J connectivity index is 1.47. The van der Waals surface area contributed by atoms with Crippen LogP contribution in [0.2, 0.25) is 0 Å². The van der Waals surface area contributed by atoms with E-state index in [1.54, 1.807) is 6.92 Å². The number of hydrogen-bond donors (Lipinski definition) is 2. The van der Waals surface area contributed by atoms with Gasteiger partial charge in [-0.25, -0.2) is 4.98 Å². The standard InChI is InChI=1S/C25H30F2N6O3/c1-25(35)9-3-4-20(25)33-21-16(14-19(22(33)34)36-23(26)27)15-28-24(30-21)29-17-5-7-18(8-6-17)32-12-10-31(2)11-13-32/h5-8,14-15,20,23,35H,3-4,9-13H2,1-2H3,(H,28,29,30)/t20-,25-/m1/s1. The number of piperazine rings is 1. The van der Waals surface area contributed by atoms with Crippen LogP contribution in [0.4, 0.5) is 26.1 Å². The van der Waals surface area contributed by atoms with Gasteiger partial charge in [0.15, 0.2) is 5.75 Å². The van der Waals surface area contributed by atoms with Crippen LogP contribution in [-0.4, -0.2) is 70.0 Å². The SMILES string of the molecule is CN1CCN(c2ccc(Nc3ncc4cc(OC(F)F)c(=O)n([C@@H]5CCC[C@@]5(C)O)c4n3)cc2)CC1. The number of anilines is 3. The van der Waals surface area contributed by atoms with E-state index in [-0.39, 0.29) is 11.6 Å². The highest BCUT2D eigenvalue weighted by atomic mass is 19.3. The highest BCUT2D eigenvalue weighted by Crippen LogP contribution is 2.40. The molecule has 0 radical (unpaired) electrons. The number of likely N-dealkylation sites (N-methyl/N-ethyl adjacent to an activating group) is 1. The number of hydrogen-bond acceptors (Lipinski definition) is 8. The zero-order chi connectivity index (χ0) is 25.4. The lowest BCUT2D eigenvalue weighted by Crippen LogP contribution is -2.44. The molecule has 1 saturated heterocycles. The molecule has 1 saturated carbocycles. The third-order valence-corrected chi connectivity index (χ3v) is 7.14. The molecule has 3 aromatic rings. The lowest BCUT2D eigenvalue weighted by molar-refractivity contribution is -0.0513. The number of aliphatic hydroxyl groups is 1. The van der Waals surface area contributed by atoms with Gasteiger partial charge in [0, 0.05) is 49.1 Å². The van der Waals surface area contributed by atoms with Crippen LogP contribution in [0.1, 0.15) is 32.2 Å². The first-order valence-corrected chi connectivity index (χ1v) is 12.1. The Morgan fingerprint density at radius 3 is 2.56 bits per heavy atom. The van der Waals surface area contributed by atoms with E-state index in [0.29, 0.717) is 24.6 Å². The molecule has 2 fully saturated rings. The number of nitrogens with zero attached hydrogens (tertiary/aromatic N) is 5. The minimum atomic E-state index is -3.15. The van der Waals surface area contributed by atoms with Gasteiger partial charge in [-0.1, -0.05) is 0 Å². The van der Waals surface area contributed by atoms with Gasteiger partial charge in [0.25, 0.3) is 5.56 Å². The van der Waals surface area contributed by atoms with E-state index in [1.165, 1.54) is 16.8 Å². The van der Waals surface area contributed by atoms with Crippen molar-refractivity contribution in [1.29, 1.82) is 0 Å². The molecule has 2 atom stereocenters. The summed E-state index contributed by atoms with van der Waals surface area (Å²) in [6.07, 6.45) is 3.16. The number of halogens is 2. The van der Waals surface area contributed by atoms with Crippen molar-refractivity contribution in [1.82, 2.24) is 19.4 Å². The Bertz CT molecular complexity index is 1290. The van der Waals surface area contributed by atoms with Gasteiger partial charge in [-0.15, -0.1) is 0 Å². The number of alkyl halides is 2. The molecule has 0 bridgehead atoms. The maximum atomic E-state index is 13.2. The summed E-state index contributed by atoms with van der Waals surface area (Å²) in [6, 6.07) is 8.55. The zero-order valence-electron chi connectivity index (χ0n) is 20.3. The Labute approximate surface area is 207 Å². The number of benzene rings is 1. The largest absolute Gasteiger partial charge is 0.429 e. The summed E-state index contributed by atoms with van der Waals surface area (Å²) >= 11 is 0. The smallest absolute Gasteiger partial charge is 0.387 e. The van der Waals surface area contributed by atoms with E-state index >= 15 is 0 Å². The summed E-state index contributed by atoms with van der Waals surface area (Å²) < 4.78 is 31.7. The number of pyridine rings is 1. The van der Waals surface area contributed by atoms with Crippen molar-refractivity contribution in [2.45, 2.75) is 44.4 Å². The Morgan fingerprint density at radius 1 is 1.19 bits per heavy atom. The van der Waals surface area contributed by atoms with Crippen LogP contribution in [-0.2, 0) is 0 Å². The van der Waals surface area contributed by atoms with Crippen molar-refractivity contribution in [2.75, 3.05) is 43.4 Å². The van der Waals surface area contributed by atoms with Gasteiger partial charge in [-0.05, 0) is 63.6 Å². The number of rotatable bonds is 6. The fraction of sp³-hybridized carbons (Fsp3) is 0.480. The van der Waals surface area contributed by atoms with Crippen molar-refractivity contribution in [3.63, 3.8) is 0 Å². The van der Waals surface area contributed by atoms with Crippen molar-refractivity contribution >= 4 is 28.4 Å². The van der Waals surface area contributed by atoms with Gasteiger partial charge in [-0.3, -0.25) is 9.36 Å². The molecular weight excluding hydrogens is 470 g/mol. The van der Waals surface area contributed by atoms with Crippen molar-refractivity contribution in [2.24, 2.45) is 0 Å². The number of aromatic nitrogens is 3. The van der Waals surface area contributed by atoms with E-state index in [2.05, 4.69) is 36.9 Å². The predicted octanol–water partition coefficient (Wildman–Crippen LogP) is 3.36. The van der Waals surface area contributed by atoms with Gasteiger partial charge in [0.05, 0.1) is 11.6 Å². The molecule has 192 valence electrons. The van der Waals surface area contributed by atoms with E-state index in [0.717, 1.165) is 37.6 Å². The molecule has 2 N–H and O–H groups in total. The van der Waals surface area contributed by atoms with Crippen molar-refractivity contribution < 1.29 is 18.6 Å². The van der Waals surface area contributed by atoms with Gasteiger partial charge in [0.2, 0.25) is 5.95 Å². The van der Waals surface area contributed by atoms with Crippen molar-refractivity contribution in [3.8, 4) is 5.75 Å². The second kappa shape index (κ2) is 9.62.